The Balaban J connectivity index is 1.54. The maximum Gasteiger partial charge on any atom is 0.138 e. The van der Waals surface area contributed by atoms with Gasteiger partial charge in [0, 0.05) is 16.3 Å². The zero-order valence-corrected chi connectivity index (χ0v) is 20.1. The zero-order chi connectivity index (χ0) is 24.6. The molecule has 0 saturated carbocycles. The number of para-hydroxylation sites is 3. The maximum absolute atomic E-state index is 5.12. The summed E-state index contributed by atoms with van der Waals surface area (Å²) in [6.45, 7) is 0. The number of allylic oxidation sites excluding steroid dienone is 1. The van der Waals surface area contributed by atoms with Gasteiger partial charge in [0.1, 0.15) is 5.82 Å². The van der Waals surface area contributed by atoms with E-state index in [-0.39, 0.29) is 0 Å². The Labute approximate surface area is 215 Å². The third-order valence-electron chi connectivity index (χ3n) is 6.83. The minimum absolute atomic E-state index is 0.875. The van der Waals surface area contributed by atoms with Gasteiger partial charge in [0.2, 0.25) is 0 Å². The van der Waals surface area contributed by atoms with E-state index in [0.29, 0.717) is 0 Å². The van der Waals surface area contributed by atoms with Crippen LogP contribution in [0.3, 0.4) is 0 Å². The molecule has 37 heavy (non-hydrogen) atoms. The summed E-state index contributed by atoms with van der Waals surface area (Å²) in [5, 5.41) is 2.25. The highest BCUT2D eigenvalue weighted by Crippen LogP contribution is 2.41. The van der Waals surface area contributed by atoms with Crippen LogP contribution >= 0.6 is 0 Å². The van der Waals surface area contributed by atoms with Gasteiger partial charge in [0.05, 0.1) is 28.1 Å². The van der Waals surface area contributed by atoms with Crippen LogP contribution in [0.4, 0.5) is 11.5 Å². The lowest BCUT2D eigenvalue weighted by Gasteiger charge is -2.32. The molecule has 0 N–H and O–H groups in total. The first kappa shape index (κ1) is 21.3. The molecule has 7 rings (SSSR count). The van der Waals surface area contributed by atoms with Crippen molar-refractivity contribution in [2.24, 2.45) is 0 Å². The van der Waals surface area contributed by atoms with Crippen molar-refractivity contribution in [2.45, 2.75) is 0 Å². The molecule has 0 atom stereocenters. The normalized spacial score (nSPS) is 14.1. The highest BCUT2D eigenvalue weighted by Gasteiger charge is 2.25. The molecule has 0 fully saturated rings. The van der Waals surface area contributed by atoms with Gasteiger partial charge in [-0.25, -0.2) is 9.97 Å². The van der Waals surface area contributed by atoms with E-state index in [1.54, 1.807) is 0 Å². The van der Waals surface area contributed by atoms with Crippen molar-refractivity contribution in [3.63, 3.8) is 0 Å². The number of pyridine rings is 2. The summed E-state index contributed by atoms with van der Waals surface area (Å²) < 4.78 is 0. The molecule has 0 unspecified atom stereocenters. The number of aromatic nitrogens is 2. The molecule has 0 bridgehead atoms. The van der Waals surface area contributed by atoms with E-state index in [9.17, 15) is 0 Å². The van der Waals surface area contributed by atoms with Gasteiger partial charge in [-0.05, 0) is 53.6 Å². The standard InChI is InChI=1S/C34H23N3/c1-2-13-27(14-3-1)34(30-21-18-24-10-4-7-15-28(24)35-30)32-22-19-26-12-6-9-17-31(26)37(32)33-23-20-25-11-5-8-16-29(25)36-33/h1-23H. The van der Waals surface area contributed by atoms with Gasteiger partial charge in [-0.3, -0.25) is 4.90 Å². The summed E-state index contributed by atoms with van der Waals surface area (Å²) in [4.78, 5) is 12.5. The molecule has 1 aliphatic heterocycles. The summed E-state index contributed by atoms with van der Waals surface area (Å²) in [6, 6.07) is 44.0. The van der Waals surface area contributed by atoms with E-state index in [0.717, 1.165) is 61.4 Å². The van der Waals surface area contributed by atoms with Gasteiger partial charge in [-0.1, -0.05) is 97.1 Å². The summed E-state index contributed by atoms with van der Waals surface area (Å²) in [6.07, 6.45) is 4.38. The third kappa shape index (κ3) is 3.78. The molecule has 174 valence electrons. The molecule has 0 radical (unpaired) electrons. The van der Waals surface area contributed by atoms with E-state index in [1.165, 1.54) is 0 Å². The fourth-order valence-corrected chi connectivity index (χ4v) is 5.06. The number of hydrogen-bond donors (Lipinski definition) is 0. The van der Waals surface area contributed by atoms with Gasteiger partial charge < -0.3 is 0 Å². The smallest absolute Gasteiger partial charge is 0.138 e. The first-order valence-electron chi connectivity index (χ1n) is 12.4. The first-order chi connectivity index (χ1) is 18.3. The molecular weight excluding hydrogens is 450 g/mol. The SMILES string of the molecule is C1=Cc2ccccc2N(c2ccc3ccccc3n2)C1=C(c1ccccc1)c1ccc2ccccc2n1. The lowest BCUT2D eigenvalue weighted by Crippen LogP contribution is -2.21. The minimum atomic E-state index is 0.875. The van der Waals surface area contributed by atoms with Crippen LogP contribution in [0.1, 0.15) is 16.8 Å². The molecule has 0 spiro atoms. The molecule has 0 saturated heterocycles. The van der Waals surface area contributed by atoms with Crippen LogP contribution in [0.25, 0.3) is 33.5 Å². The summed E-state index contributed by atoms with van der Waals surface area (Å²) in [7, 11) is 0. The van der Waals surface area contributed by atoms with Crippen molar-refractivity contribution in [1.29, 1.82) is 0 Å². The van der Waals surface area contributed by atoms with Gasteiger partial charge in [-0.15, -0.1) is 0 Å². The zero-order valence-electron chi connectivity index (χ0n) is 20.1. The monoisotopic (exact) mass is 473 g/mol. The Morgan fingerprint density at radius 3 is 1.97 bits per heavy atom. The largest absolute Gasteiger partial charge is 0.294 e. The highest BCUT2D eigenvalue weighted by molar-refractivity contribution is 5.94. The first-order valence-corrected chi connectivity index (χ1v) is 12.4. The van der Waals surface area contributed by atoms with Crippen molar-refractivity contribution in [2.75, 3.05) is 4.90 Å². The number of nitrogens with zero attached hydrogens (tertiary/aromatic N) is 3. The van der Waals surface area contributed by atoms with Crippen LogP contribution in [0.2, 0.25) is 0 Å². The Hall–Kier alpha value is -5.02. The van der Waals surface area contributed by atoms with Gasteiger partial charge >= 0.3 is 0 Å². The maximum atomic E-state index is 5.12. The topological polar surface area (TPSA) is 29.0 Å². The van der Waals surface area contributed by atoms with Crippen molar-refractivity contribution in [3.05, 3.63) is 156 Å². The van der Waals surface area contributed by atoms with Gasteiger partial charge in [0.25, 0.3) is 0 Å². The van der Waals surface area contributed by atoms with E-state index in [4.69, 9.17) is 9.97 Å². The Bertz CT molecular complexity index is 1830. The van der Waals surface area contributed by atoms with Crippen molar-refractivity contribution >= 4 is 45.0 Å². The van der Waals surface area contributed by atoms with Crippen LogP contribution in [0, 0.1) is 0 Å². The molecule has 3 heteroatoms. The lowest BCUT2D eigenvalue weighted by molar-refractivity contribution is 1.13. The van der Waals surface area contributed by atoms with Crippen LogP contribution in [-0.2, 0) is 0 Å². The van der Waals surface area contributed by atoms with E-state index >= 15 is 0 Å². The summed E-state index contributed by atoms with van der Waals surface area (Å²) in [5.41, 5.74) is 8.32. The van der Waals surface area contributed by atoms with E-state index in [1.807, 2.05) is 30.3 Å². The van der Waals surface area contributed by atoms with Crippen molar-refractivity contribution in [3.8, 4) is 0 Å². The van der Waals surface area contributed by atoms with Crippen LogP contribution in [0.5, 0.6) is 0 Å². The predicted octanol–water partition coefficient (Wildman–Crippen LogP) is 8.41. The number of rotatable bonds is 3. The fourth-order valence-electron chi connectivity index (χ4n) is 5.06. The molecule has 0 amide bonds. The molecule has 3 nitrogen and oxygen atoms in total. The predicted molar refractivity (Wildman–Crippen MR) is 154 cm³/mol. The quantitative estimate of drug-likeness (QED) is 0.258. The lowest BCUT2D eigenvalue weighted by atomic mass is 9.95. The Morgan fingerprint density at radius 2 is 1.16 bits per heavy atom. The van der Waals surface area contributed by atoms with Crippen molar-refractivity contribution < 1.29 is 0 Å². The molecular formula is C34H23N3. The Kier molecular flexibility index (Phi) is 5.11. The summed E-state index contributed by atoms with van der Waals surface area (Å²) >= 11 is 0. The van der Waals surface area contributed by atoms with E-state index < -0.39 is 0 Å². The molecule has 0 aliphatic carbocycles. The van der Waals surface area contributed by atoms with Crippen LogP contribution in [0.15, 0.2) is 139 Å². The van der Waals surface area contributed by atoms with Crippen LogP contribution in [-0.4, -0.2) is 9.97 Å². The highest BCUT2D eigenvalue weighted by atomic mass is 15.2. The molecule has 4 aromatic carbocycles. The second-order valence-electron chi connectivity index (χ2n) is 9.11. The summed E-state index contributed by atoms with van der Waals surface area (Å²) in [5.74, 6) is 0.875. The second-order valence-corrected chi connectivity index (χ2v) is 9.11. The number of anilines is 2. The van der Waals surface area contributed by atoms with Gasteiger partial charge in [-0.2, -0.15) is 0 Å². The molecule has 3 heterocycles. The van der Waals surface area contributed by atoms with Gasteiger partial charge in [0.15, 0.2) is 0 Å². The number of benzene rings is 4. The second kappa shape index (κ2) is 8.89. The minimum Gasteiger partial charge on any atom is -0.294 e. The third-order valence-corrected chi connectivity index (χ3v) is 6.83. The van der Waals surface area contributed by atoms with E-state index in [2.05, 4.69) is 114 Å². The molecule has 1 aliphatic rings. The Morgan fingerprint density at radius 1 is 0.514 bits per heavy atom. The number of fused-ring (bicyclic) bond motifs is 3. The number of hydrogen-bond acceptors (Lipinski definition) is 3. The average molecular weight is 474 g/mol. The fraction of sp³-hybridized carbons (Fsp3) is 0. The van der Waals surface area contributed by atoms with Crippen LogP contribution < -0.4 is 4.90 Å². The average Bonchev–Trinajstić information content (AvgIpc) is 2.97. The molecule has 2 aromatic heterocycles. The van der Waals surface area contributed by atoms with Crippen molar-refractivity contribution in [1.82, 2.24) is 9.97 Å². The molecule has 6 aromatic rings.